The van der Waals surface area contributed by atoms with Crippen LogP contribution in [0.25, 0.3) is 0 Å². The quantitative estimate of drug-likeness (QED) is 0.538. The van der Waals surface area contributed by atoms with Crippen molar-refractivity contribution in [2.24, 2.45) is 0 Å². The molecule has 5 nitrogen and oxygen atoms in total. The highest BCUT2D eigenvalue weighted by molar-refractivity contribution is 5.84. The molecule has 3 unspecified atom stereocenters. The van der Waals surface area contributed by atoms with Crippen LogP contribution in [-0.4, -0.2) is 36.6 Å². The number of piperidine rings is 2. The van der Waals surface area contributed by atoms with Gasteiger partial charge >= 0.3 is 11.9 Å². The highest BCUT2D eigenvalue weighted by Gasteiger charge is 2.32. The van der Waals surface area contributed by atoms with Crippen molar-refractivity contribution in [3.05, 3.63) is 0 Å². The predicted molar refractivity (Wildman–Crippen MR) is 62.4 cm³/mol. The van der Waals surface area contributed by atoms with E-state index in [1.165, 1.54) is 13.3 Å². The van der Waals surface area contributed by atoms with Gasteiger partial charge in [-0.25, -0.2) is 0 Å². The third kappa shape index (κ3) is 3.51. The summed E-state index contributed by atoms with van der Waals surface area (Å²) in [7, 11) is 0. The molecule has 96 valence electrons. The van der Waals surface area contributed by atoms with Crippen LogP contribution in [0.15, 0.2) is 0 Å². The molecule has 0 aliphatic carbocycles. The Labute approximate surface area is 101 Å². The number of carbonyl (C=O) groups is 2. The van der Waals surface area contributed by atoms with Crippen LogP contribution in [0, 0.1) is 0 Å². The maximum atomic E-state index is 11.4. The normalized spacial score (nSPS) is 32.6. The summed E-state index contributed by atoms with van der Waals surface area (Å²) in [5, 5.41) is 6.98. The lowest BCUT2D eigenvalue weighted by molar-refractivity contribution is -0.158. The van der Waals surface area contributed by atoms with Gasteiger partial charge in [0.15, 0.2) is 0 Å². The van der Waals surface area contributed by atoms with Crippen LogP contribution in [-0.2, 0) is 14.3 Å². The number of ether oxygens (including phenoxy) is 1. The van der Waals surface area contributed by atoms with Crippen molar-refractivity contribution < 1.29 is 14.3 Å². The number of esters is 2. The lowest BCUT2D eigenvalue weighted by Gasteiger charge is -2.40. The van der Waals surface area contributed by atoms with E-state index in [2.05, 4.69) is 15.4 Å². The van der Waals surface area contributed by atoms with Gasteiger partial charge in [0.05, 0.1) is 6.42 Å². The summed E-state index contributed by atoms with van der Waals surface area (Å²) in [5.41, 5.74) is 0. The Morgan fingerprint density at radius 2 is 2.06 bits per heavy atom. The average molecular weight is 240 g/mol. The number of nitrogens with one attached hydrogen (secondary N) is 2. The molecule has 0 amide bonds. The molecule has 0 saturated carbocycles. The van der Waals surface area contributed by atoms with Crippen molar-refractivity contribution in [3.8, 4) is 0 Å². The van der Waals surface area contributed by atoms with E-state index in [-0.39, 0.29) is 6.04 Å². The summed E-state index contributed by atoms with van der Waals surface area (Å²) in [5.74, 6) is -0.944. The van der Waals surface area contributed by atoms with Crippen molar-refractivity contribution in [1.82, 2.24) is 10.6 Å². The first-order valence-electron chi connectivity index (χ1n) is 6.36. The molecule has 17 heavy (non-hydrogen) atoms. The Bertz CT molecular complexity index is 306. The molecule has 0 aromatic rings. The summed E-state index contributed by atoms with van der Waals surface area (Å²) < 4.78 is 4.56. The molecule has 2 heterocycles. The minimum absolute atomic E-state index is 0.156. The van der Waals surface area contributed by atoms with Gasteiger partial charge in [-0.05, 0) is 32.2 Å². The molecule has 2 aliphatic rings. The Balaban J connectivity index is 1.79. The van der Waals surface area contributed by atoms with Crippen LogP contribution in [0.5, 0.6) is 0 Å². The van der Waals surface area contributed by atoms with Gasteiger partial charge in [0, 0.05) is 25.0 Å². The number of rotatable bonds is 2. The Morgan fingerprint density at radius 1 is 1.24 bits per heavy atom. The summed E-state index contributed by atoms with van der Waals surface area (Å²) in [6.45, 7) is 2.35. The topological polar surface area (TPSA) is 67.4 Å². The molecular weight excluding hydrogens is 220 g/mol. The highest BCUT2D eigenvalue weighted by atomic mass is 16.6. The third-order valence-corrected chi connectivity index (χ3v) is 3.53. The van der Waals surface area contributed by atoms with Crippen molar-refractivity contribution in [2.75, 3.05) is 6.54 Å². The van der Waals surface area contributed by atoms with Crippen LogP contribution in [0.3, 0.4) is 0 Å². The summed E-state index contributed by atoms with van der Waals surface area (Å²) in [6.07, 6.45) is 4.69. The van der Waals surface area contributed by atoms with Gasteiger partial charge in [-0.1, -0.05) is 0 Å². The third-order valence-electron chi connectivity index (χ3n) is 3.53. The van der Waals surface area contributed by atoms with E-state index in [9.17, 15) is 9.59 Å². The second-order valence-electron chi connectivity index (χ2n) is 4.92. The minimum atomic E-state index is -0.525. The lowest BCUT2D eigenvalue weighted by Crippen LogP contribution is -2.58. The Kier molecular flexibility index (Phi) is 4.12. The Hall–Kier alpha value is -0.940. The van der Waals surface area contributed by atoms with E-state index in [1.54, 1.807) is 0 Å². The Morgan fingerprint density at radius 3 is 2.82 bits per heavy atom. The molecule has 2 fully saturated rings. The van der Waals surface area contributed by atoms with Gasteiger partial charge in [0.25, 0.3) is 0 Å². The van der Waals surface area contributed by atoms with Crippen molar-refractivity contribution >= 4 is 11.9 Å². The highest BCUT2D eigenvalue weighted by Crippen LogP contribution is 2.21. The van der Waals surface area contributed by atoms with Gasteiger partial charge in [-0.15, -0.1) is 0 Å². The standard InChI is InChI=1S/C12H20N2O3/c1-8(15)17-12(16)7-9-4-5-10-11(14-9)3-2-6-13-10/h9-11,13-14H,2-7H2,1H3. The molecule has 0 spiro atoms. The average Bonchev–Trinajstić information content (AvgIpc) is 2.27. The van der Waals surface area contributed by atoms with E-state index in [0.717, 1.165) is 25.8 Å². The first-order chi connectivity index (χ1) is 8.15. The summed E-state index contributed by atoms with van der Waals surface area (Å²) in [4.78, 5) is 22.0. The van der Waals surface area contributed by atoms with Crippen molar-refractivity contribution in [1.29, 1.82) is 0 Å². The zero-order valence-electron chi connectivity index (χ0n) is 10.2. The van der Waals surface area contributed by atoms with Gasteiger partial charge in [-0.2, -0.15) is 0 Å². The fraction of sp³-hybridized carbons (Fsp3) is 0.833. The molecule has 5 heteroatoms. The molecule has 2 saturated heterocycles. The number of hydrogen-bond acceptors (Lipinski definition) is 5. The monoisotopic (exact) mass is 240 g/mol. The molecule has 3 atom stereocenters. The second-order valence-corrected chi connectivity index (χ2v) is 4.92. The van der Waals surface area contributed by atoms with Gasteiger partial charge in [0.1, 0.15) is 0 Å². The molecular formula is C12H20N2O3. The van der Waals surface area contributed by atoms with Gasteiger partial charge < -0.3 is 15.4 Å². The minimum Gasteiger partial charge on any atom is -0.393 e. The first-order valence-corrected chi connectivity index (χ1v) is 6.36. The maximum absolute atomic E-state index is 11.4. The predicted octanol–water partition coefficient (Wildman–Crippen LogP) is 0.339. The van der Waals surface area contributed by atoms with Crippen LogP contribution in [0.1, 0.15) is 39.0 Å². The van der Waals surface area contributed by atoms with Gasteiger partial charge in [-0.3, -0.25) is 9.59 Å². The van der Waals surface area contributed by atoms with Crippen LogP contribution in [0.2, 0.25) is 0 Å². The largest absolute Gasteiger partial charge is 0.393 e. The number of carbonyl (C=O) groups excluding carboxylic acids is 2. The van der Waals surface area contributed by atoms with E-state index in [4.69, 9.17) is 0 Å². The number of fused-ring (bicyclic) bond motifs is 1. The van der Waals surface area contributed by atoms with Crippen molar-refractivity contribution in [2.45, 2.75) is 57.2 Å². The van der Waals surface area contributed by atoms with E-state index in [1.807, 2.05) is 0 Å². The van der Waals surface area contributed by atoms with Gasteiger partial charge in [0.2, 0.25) is 0 Å². The fourth-order valence-corrected chi connectivity index (χ4v) is 2.79. The smallest absolute Gasteiger partial charge is 0.315 e. The molecule has 2 N–H and O–H groups in total. The second kappa shape index (κ2) is 5.60. The molecule has 2 rings (SSSR count). The van der Waals surface area contributed by atoms with E-state index in [0.29, 0.717) is 18.5 Å². The molecule has 0 radical (unpaired) electrons. The molecule has 0 aromatic heterocycles. The van der Waals surface area contributed by atoms with E-state index >= 15 is 0 Å². The van der Waals surface area contributed by atoms with Crippen molar-refractivity contribution in [3.63, 3.8) is 0 Å². The maximum Gasteiger partial charge on any atom is 0.315 e. The zero-order valence-corrected chi connectivity index (χ0v) is 10.2. The first kappa shape index (κ1) is 12.5. The van der Waals surface area contributed by atoms with Crippen LogP contribution in [0.4, 0.5) is 0 Å². The lowest BCUT2D eigenvalue weighted by atomic mass is 9.87. The van der Waals surface area contributed by atoms with E-state index < -0.39 is 11.9 Å². The molecule has 0 aromatic carbocycles. The van der Waals surface area contributed by atoms with Crippen LogP contribution >= 0.6 is 0 Å². The fourth-order valence-electron chi connectivity index (χ4n) is 2.79. The molecule has 2 aliphatic heterocycles. The summed E-state index contributed by atoms with van der Waals surface area (Å²) >= 11 is 0. The SMILES string of the molecule is CC(=O)OC(=O)CC1CCC2NCCCC2N1. The van der Waals surface area contributed by atoms with Crippen LogP contribution < -0.4 is 10.6 Å². The number of hydrogen-bond donors (Lipinski definition) is 2. The molecule has 0 bridgehead atoms. The summed E-state index contributed by atoms with van der Waals surface area (Å²) in [6, 6.07) is 1.17. The zero-order chi connectivity index (χ0) is 12.3.